The largest absolute Gasteiger partial charge is 0.378 e. The standard InChI is InChI=1S/C19H21ClN4O2/c1-22(2)16-9-5-15(6-10-16)21-18(25)13-23-11-12-24(19(23)26)17-7-3-14(20)4-8-17/h3-10H,11-13H2,1-2H3,(H,21,25). The molecule has 26 heavy (non-hydrogen) atoms. The highest BCUT2D eigenvalue weighted by Crippen LogP contribution is 2.22. The van der Waals surface area contributed by atoms with E-state index in [1.807, 2.05) is 43.3 Å². The molecular weight excluding hydrogens is 352 g/mol. The third kappa shape index (κ3) is 4.08. The minimum absolute atomic E-state index is 0.0261. The number of benzene rings is 2. The average molecular weight is 373 g/mol. The van der Waals surface area contributed by atoms with Crippen molar-refractivity contribution in [2.24, 2.45) is 0 Å². The Hall–Kier alpha value is -2.73. The number of rotatable bonds is 5. The average Bonchev–Trinajstić information content (AvgIpc) is 2.97. The molecule has 1 aliphatic heterocycles. The molecule has 0 saturated carbocycles. The smallest absolute Gasteiger partial charge is 0.325 e. The van der Waals surface area contributed by atoms with Crippen LogP contribution in [0.15, 0.2) is 48.5 Å². The maximum atomic E-state index is 12.5. The van der Waals surface area contributed by atoms with Crippen molar-refractivity contribution in [1.82, 2.24) is 4.90 Å². The summed E-state index contributed by atoms with van der Waals surface area (Å²) in [4.78, 5) is 30.0. The molecule has 0 radical (unpaired) electrons. The summed E-state index contributed by atoms with van der Waals surface area (Å²) in [5, 5.41) is 3.45. The Balaban J connectivity index is 1.58. The first-order chi connectivity index (χ1) is 12.4. The third-order valence-electron chi connectivity index (χ3n) is 4.24. The van der Waals surface area contributed by atoms with E-state index in [4.69, 9.17) is 11.6 Å². The fourth-order valence-corrected chi connectivity index (χ4v) is 2.93. The molecule has 3 rings (SSSR count). The van der Waals surface area contributed by atoms with Crippen LogP contribution in [0.5, 0.6) is 0 Å². The van der Waals surface area contributed by atoms with Crippen molar-refractivity contribution in [2.45, 2.75) is 0 Å². The van der Waals surface area contributed by atoms with E-state index in [2.05, 4.69) is 5.32 Å². The molecule has 6 nitrogen and oxygen atoms in total. The van der Waals surface area contributed by atoms with Gasteiger partial charge in [-0.3, -0.25) is 9.69 Å². The van der Waals surface area contributed by atoms with Gasteiger partial charge in [0.05, 0.1) is 0 Å². The maximum absolute atomic E-state index is 12.5. The minimum Gasteiger partial charge on any atom is -0.378 e. The zero-order chi connectivity index (χ0) is 18.7. The number of carbonyl (C=O) groups is 2. The predicted molar refractivity (Wildman–Crippen MR) is 105 cm³/mol. The summed E-state index contributed by atoms with van der Waals surface area (Å²) in [5.41, 5.74) is 2.54. The highest BCUT2D eigenvalue weighted by molar-refractivity contribution is 6.30. The Bertz CT molecular complexity index is 790. The van der Waals surface area contributed by atoms with Gasteiger partial charge >= 0.3 is 6.03 Å². The van der Waals surface area contributed by atoms with Gasteiger partial charge in [0, 0.05) is 49.3 Å². The number of anilines is 3. The number of halogens is 1. The van der Waals surface area contributed by atoms with Crippen molar-refractivity contribution in [1.29, 1.82) is 0 Å². The second kappa shape index (κ2) is 7.66. The van der Waals surface area contributed by atoms with Gasteiger partial charge in [-0.15, -0.1) is 0 Å². The zero-order valence-electron chi connectivity index (χ0n) is 14.8. The molecule has 1 N–H and O–H groups in total. The summed E-state index contributed by atoms with van der Waals surface area (Å²) in [5.74, 6) is -0.214. The van der Waals surface area contributed by atoms with Crippen LogP contribution in [0.2, 0.25) is 5.02 Å². The molecule has 1 saturated heterocycles. The van der Waals surface area contributed by atoms with E-state index in [1.165, 1.54) is 4.90 Å². The lowest BCUT2D eigenvalue weighted by molar-refractivity contribution is -0.116. The number of carbonyl (C=O) groups excluding carboxylic acids is 2. The lowest BCUT2D eigenvalue weighted by atomic mass is 10.2. The van der Waals surface area contributed by atoms with Crippen LogP contribution in [0.3, 0.4) is 0 Å². The van der Waals surface area contributed by atoms with Gasteiger partial charge < -0.3 is 15.1 Å². The molecule has 136 valence electrons. The fourth-order valence-electron chi connectivity index (χ4n) is 2.81. The van der Waals surface area contributed by atoms with Crippen molar-refractivity contribution in [2.75, 3.05) is 48.8 Å². The van der Waals surface area contributed by atoms with Crippen LogP contribution in [0.25, 0.3) is 0 Å². The SMILES string of the molecule is CN(C)c1ccc(NC(=O)CN2CCN(c3ccc(Cl)cc3)C2=O)cc1. The van der Waals surface area contributed by atoms with Crippen LogP contribution in [0.4, 0.5) is 21.9 Å². The summed E-state index contributed by atoms with van der Waals surface area (Å²) in [6.45, 7) is 1.08. The molecule has 0 aromatic heterocycles. The summed E-state index contributed by atoms with van der Waals surface area (Å²) in [6.07, 6.45) is 0. The van der Waals surface area contributed by atoms with E-state index in [1.54, 1.807) is 29.2 Å². The number of urea groups is 1. The molecule has 1 aliphatic rings. The van der Waals surface area contributed by atoms with Gasteiger partial charge in [0.15, 0.2) is 0 Å². The number of nitrogens with one attached hydrogen (secondary N) is 1. The van der Waals surface area contributed by atoms with E-state index in [-0.39, 0.29) is 18.5 Å². The Morgan fingerprint density at radius 1 is 1.08 bits per heavy atom. The first-order valence-electron chi connectivity index (χ1n) is 8.33. The van der Waals surface area contributed by atoms with Crippen molar-refractivity contribution >= 4 is 40.6 Å². The second-order valence-corrected chi connectivity index (χ2v) is 6.76. The normalized spacial score (nSPS) is 13.9. The maximum Gasteiger partial charge on any atom is 0.325 e. The van der Waals surface area contributed by atoms with Crippen LogP contribution >= 0.6 is 11.6 Å². The lowest BCUT2D eigenvalue weighted by Crippen LogP contribution is -2.37. The molecule has 0 bridgehead atoms. The Kier molecular flexibility index (Phi) is 5.32. The zero-order valence-corrected chi connectivity index (χ0v) is 15.5. The van der Waals surface area contributed by atoms with E-state index < -0.39 is 0 Å². The second-order valence-electron chi connectivity index (χ2n) is 6.32. The molecule has 0 unspecified atom stereocenters. The summed E-state index contributed by atoms with van der Waals surface area (Å²) in [6, 6.07) is 14.5. The fraction of sp³-hybridized carbons (Fsp3) is 0.263. The van der Waals surface area contributed by atoms with Crippen LogP contribution < -0.4 is 15.1 Å². The summed E-state index contributed by atoms with van der Waals surface area (Å²) in [7, 11) is 3.91. The van der Waals surface area contributed by atoms with Gasteiger partial charge in [0.1, 0.15) is 6.54 Å². The van der Waals surface area contributed by atoms with E-state index >= 15 is 0 Å². The van der Waals surface area contributed by atoms with Gasteiger partial charge in [0.25, 0.3) is 0 Å². The molecule has 7 heteroatoms. The predicted octanol–water partition coefficient (Wildman–Crippen LogP) is 3.29. The van der Waals surface area contributed by atoms with Crippen molar-refractivity contribution in [3.05, 3.63) is 53.6 Å². The number of hydrogen-bond acceptors (Lipinski definition) is 3. The Morgan fingerprint density at radius 3 is 2.35 bits per heavy atom. The van der Waals surface area contributed by atoms with Gasteiger partial charge in [-0.2, -0.15) is 0 Å². The van der Waals surface area contributed by atoms with Crippen LogP contribution in [-0.2, 0) is 4.79 Å². The quantitative estimate of drug-likeness (QED) is 0.876. The molecule has 0 aliphatic carbocycles. The molecular formula is C19H21ClN4O2. The lowest BCUT2D eigenvalue weighted by Gasteiger charge is -2.18. The molecule has 1 heterocycles. The number of amides is 3. The van der Waals surface area contributed by atoms with Gasteiger partial charge in [-0.05, 0) is 48.5 Å². The van der Waals surface area contributed by atoms with Crippen molar-refractivity contribution in [3.63, 3.8) is 0 Å². The third-order valence-corrected chi connectivity index (χ3v) is 4.49. The number of hydrogen-bond donors (Lipinski definition) is 1. The molecule has 0 spiro atoms. The van der Waals surface area contributed by atoms with Gasteiger partial charge in [0.2, 0.25) is 5.91 Å². The Labute approximate surface area is 157 Å². The number of nitrogens with zero attached hydrogens (tertiary/aromatic N) is 3. The molecule has 0 atom stereocenters. The van der Waals surface area contributed by atoms with Gasteiger partial charge in [-0.1, -0.05) is 11.6 Å². The topological polar surface area (TPSA) is 55.9 Å². The van der Waals surface area contributed by atoms with Crippen LogP contribution in [-0.4, -0.2) is 50.6 Å². The van der Waals surface area contributed by atoms with Crippen molar-refractivity contribution < 1.29 is 9.59 Å². The molecule has 2 aromatic carbocycles. The molecule has 3 amide bonds. The first kappa shape index (κ1) is 18.1. The minimum atomic E-state index is -0.214. The van der Waals surface area contributed by atoms with Crippen molar-refractivity contribution in [3.8, 4) is 0 Å². The Morgan fingerprint density at radius 2 is 1.73 bits per heavy atom. The van der Waals surface area contributed by atoms with E-state index in [0.29, 0.717) is 23.8 Å². The van der Waals surface area contributed by atoms with Crippen LogP contribution in [0, 0.1) is 0 Å². The summed E-state index contributed by atoms with van der Waals surface area (Å²) >= 11 is 5.89. The van der Waals surface area contributed by atoms with E-state index in [0.717, 1.165) is 11.4 Å². The van der Waals surface area contributed by atoms with Gasteiger partial charge in [-0.25, -0.2) is 4.79 Å². The monoisotopic (exact) mass is 372 g/mol. The van der Waals surface area contributed by atoms with Crippen LogP contribution in [0.1, 0.15) is 0 Å². The van der Waals surface area contributed by atoms with E-state index in [9.17, 15) is 9.59 Å². The highest BCUT2D eigenvalue weighted by Gasteiger charge is 2.30. The molecule has 1 fully saturated rings. The molecule has 2 aromatic rings. The highest BCUT2D eigenvalue weighted by atomic mass is 35.5. The summed E-state index contributed by atoms with van der Waals surface area (Å²) < 4.78 is 0. The first-order valence-corrected chi connectivity index (χ1v) is 8.71.